The summed E-state index contributed by atoms with van der Waals surface area (Å²) in [5, 5.41) is 2.82. The number of rotatable bonds is 4. The lowest BCUT2D eigenvalue weighted by molar-refractivity contribution is 0.135. The Morgan fingerprint density at radius 2 is 2.14 bits per heavy atom. The van der Waals surface area contributed by atoms with Crippen LogP contribution in [-0.2, 0) is 6.54 Å². The third kappa shape index (κ3) is 3.28. The molecule has 3 heterocycles. The number of carbonyl (C=O) groups is 1. The van der Waals surface area contributed by atoms with E-state index < -0.39 is 0 Å². The molecule has 22 heavy (non-hydrogen) atoms. The van der Waals surface area contributed by atoms with Crippen LogP contribution in [-0.4, -0.2) is 57.9 Å². The van der Waals surface area contributed by atoms with Crippen LogP contribution in [0.1, 0.15) is 5.69 Å². The number of carbonyl (C=O) groups excluding carboxylic acids is 1. The number of pyridine rings is 1. The van der Waals surface area contributed by atoms with Crippen LogP contribution in [0.4, 0.5) is 4.79 Å². The van der Waals surface area contributed by atoms with Crippen LogP contribution in [0.2, 0.25) is 0 Å². The van der Waals surface area contributed by atoms with Crippen molar-refractivity contribution in [2.75, 3.05) is 32.7 Å². The number of aromatic nitrogens is 2. The number of urea groups is 1. The van der Waals surface area contributed by atoms with E-state index in [9.17, 15) is 4.79 Å². The van der Waals surface area contributed by atoms with Gasteiger partial charge in [-0.3, -0.25) is 4.90 Å². The lowest BCUT2D eigenvalue weighted by atomic mass is 10.3. The number of nitrogens with one attached hydrogen (secondary N) is 1. The predicted octanol–water partition coefficient (Wildman–Crippen LogP) is 1.35. The highest BCUT2D eigenvalue weighted by molar-refractivity contribution is 5.74. The molecule has 0 radical (unpaired) electrons. The first-order valence-electron chi connectivity index (χ1n) is 7.55. The Balaban J connectivity index is 1.53. The Morgan fingerprint density at radius 3 is 2.86 bits per heavy atom. The zero-order valence-corrected chi connectivity index (χ0v) is 12.6. The Labute approximate surface area is 130 Å². The van der Waals surface area contributed by atoms with Crippen LogP contribution in [0.25, 0.3) is 5.65 Å². The molecule has 0 atom stereocenters. The summed E-state index contributed by atoms with van der Waals surface area (Å²) in [5.74, 6) is 0. The van der Waals surface area contributed by atoms with Crippen LogP contribution in [0.15, 0.2) is 43.2 Å². The number of imidazole rings is 1. The molecule has 6 nitrogen and oxygen atoms in total. The number of hydrogen-bond acceptors (Lipinski definition) is 3. The van der Waals surface area contributed by atoms with Gasteiger partial charge in [0.2, 0.25) is 0 Å². The third-order valence-electron chi connectivity index (χ3n) is 3.86. The lowest BCUT2D eigenvalue weighted by Crippen LogP contribution is -2.51. The largest absolute Gasteiger partial charge is 0.335 e. The summed E-state index contributed by atoms with van der Waals surface area (Å²) in [5.41, 5.74) is 2.04. The van der Waals surface area contributed by atoms with E-state index in [1.165, 1.54) is 0 Å². The quantitative estimate of drug-likeness (QED) is 0.867. The van der Waals surface area contributed by atoms with E-state index in [0.717, 1.165) is 44.1 Å². The highest BCUT2D eigenvalue weighted by atomic mass is 16.2. The van der Waals surface area contributed by atoms with Crippen molar-refractivity contribution in [1.29, 1.82) is 0 Å². The topological polar surface area (TPSA) is 52.9 Å². The number of fused-ring (bicyclic) bond motifs is 1. The van der Waals surface area contributed by atoms with Gasteiger partial charge in [0, 0.05) is 51.7 Å². The Morgan fingerprint density at radius 1 is 1.32 bits per heavy atom. The van der Waals surface area contributed by atoms with Gasteiger partial charge in [-0.2, -0.15) is 0 Å². The van der Waals surface area contributed by atoms with Gasteiger partial charge in [-0.25, -0.2) is 9.78 Å². The van der Waals surface area contributed by atoms with Crippen LogP contribution < -0.4 is 5.32 Å². The Kier molecular flexibility index (Phi) is 4.39. The van der Waals surface area contributed by atoms with Crippen LogP contribution in [0.3, 0.4) is 0 Å². The molecule has 1 N–H and O–H groups in total. The number of hydrogen-bond donors (Lipinski definition) is 1. The SMILES string of the molecule is C=CCNC(=O)N1CCN(Cc2cn3ccccc3n2)CC1. The fourth-order valence-electron chi connectivity index (χ4n) is 2.67. The second-order valence-electron chi connectivity index (χ2n) is 5.44. The van der Waals surface area contributed by atoms with E-state index in [4.69, 9.17) is 0 Å². The molecule has 6 heteroatoms. The normalized spacial score (nSPS) is 15.9. The van der Waals surface area contributed by atoms with Gasteiger partial charge in [-0.05, 0) is 12.1 Å². The van der Waals surface area contributed by atoms with Crippen molar-refractivity contribution in [3.05, 3.63) is 48.9 Å². The van der Waals surface area contributed by atoms with Crippen LogP contribution >= 0.6 is 0 Å². The number of nitrogens with zero attached hydrogens (tertiary/aromatic N) is 4. The van der Waals surface area contributed by atoms with Crippen molar-refractivity contribution in [1.82, 2.24) is 24.5 Å². The third-order valence-corrected chi connectivity index (χ3v) is 3.86. The molecular weight excluding hydrogens is 278 g/mol. The van der Waals surface area contributed by atoms with Gasteiger partial charge in [-0.15, -0.1) is 6.58 Å². The molecule has 0 aromatic carbocycles. The molecule has 0 aliphatic carbocycles. The molecule has 0 bridgehead atoms. The highest BCUT2D eigenvalue weighted by Crippen LogP contribution is 2.10. The first kappa shape index (κ1) is 14.6. The van der Waals surface area contributed by atoms with E-state index in [-0.39, 0.29) is 6.03 Å². The summed E-state index contributed by atoms with van der Waals surface area (Å²) >= 11 is 0. The Bertz CT molecular complexity index is 624. The second kappa shape index (κ2) is 6.62. The van der Waals surface area contributed by atoms with E-state index in [0.29, 0.717) is 6.54 Å². The molecule has 1 fully saturated rings. The highest BCUT2D eigenvalue weighted by Gasteiger charge is 2.21. The molecule has 0 saturated carbocycles. The monoisotopic (exact) mass is 299 g/mol. The molecule has 0 unspecified atom stereocenters. The second-order valence-corrected chi connectivity index (χ2v) is 5.44. The van der Waals surface area contributed by atoms with Gasteiger partial charge in [0.05, 0.1) is 5.69 Å². The number of amides is 2. The fraction of sp³-hybridized carbons (Fsp3) is 0.375. The van der Waals surface area contributed by atoms with Gasteiger partial charge < -0.3 is 14.6 Å². The first-order chi connectivity index (χ1) is 10.8. The van der Waals surface area contributed by atoms with Crippen molar-refractivity contribution in [3.63, 3.8) is 0 Å². The lowest BCUT2D eigenvalue weighted by Gasteiger charge is -2.34. The molecule has 116 valence electrons. The molecule has 1 aliphatic heterocycles. The minimum Gasteiger partial charge on any atom is -0.335 e. The van der Waals surface area contributed by atoms with Crippen molar-refractivity contribution < 1.29 is 4.79 Å². The van der Waals surface area contributed by atoms with Gasteiger partial charge in [-0.1, -0.05) is 12.1 Å². The fourth-order valence-corrected chi connectivity index (χ4v) is 2.67. The van der Waals surface area contributed by atoms with Crippen LogP contribution in [0.5, 0.6) is 0 Å². The van der Waals surface area contributed by atoms with Crippen molar-refractivity contribution >= 4 is 11.7 Å². The summed E-state index contributed by atoms with van der Waals surface area (Å²) in [6.45, 7) is 8.18. The minimum atomic E-state index is -0.00715. The maximum atomic E-state index is 11.9. The smallest absolute Gasteiger partial charge is 0.317 e. The molecular formula is C16H21N5O. The van der Waals surface area contributed by atoms with Crippen molar-refractivity contribution in [2.24, 2.45) is 0 Å². The standard InChI is InChI=1S/C16H21N5O/c1-2-6-17-16(22)20-10-8-19(9-11-20)12-14-13-21-7-4-3-5-15(21)18-14/h2-5,7,13H,1,6,8-12H2,(H,17,22). The maximum absolute atomic E-state index is 11.9. The van der Waals surface area contributed by atoms with Crippen LogP contribution in [0, 0.1) is 0 Å². The van der Waals surface area contributed by atoms with Crippen molar-refractivity contribution in [2.45, 2.75) is 6.54 Å². The average molecular weight is 299 g/mol. The minimum absolute atomic E-state index is 0.00715. The van der Waals surface area contributed by atoms with E-state index in [2.05, 4.69) is 28.0 Å². The molecule has 3 rings (SSSR count). The van der Waals surface area contributed by atoms with Crippen molar-refractivity contribution in [3.8, 4) is 0 Å². The zero-order chi connectivity index (χ0) is 15.4. The van der Waals surface area contributed by atoms with Gasteiger partial charge >= 0.3 is 6.03 Å². The summed E-state index contributed by atoms with van der Waals surface area (Å²) in [6.07, 6.45) is 5.77. The van der Waals surface area contributed by atoms with Gasteiger partial charge in [0.1, 0.15) is 5.65 Å². The van der Waals surface area contributed by atoms with E-state index in [1.807, 2.05) is 33.7 Å². The molecule has 2 amide bonds. The average Bonchev–Trinajstić information content (AvgIpc) is 2.95. The molecule has 2 aromatic rings. The summed E-state index contributed by atoms with van der Waals surface area (Å²) < 4.78 is 2.04. The molecule has 2 aromatic heterocycles. The maximum Gasteiger partial charge on any atom is 0.317 e. The molecule has 0 spiro atoms. The van der Waals surface area contributed by atoms with Gasteiger partial charge in [0.25, 0.3) is 0 Å². The van der Waals surface area contributed by atoms with E-state index in [1.54, 1.807) is 6.08 Å². The zero-order valence-electron chi connectivity index (χ0n) is 12.6. The van der Waals surface area contributed by atoms with E-state index >= 15 is 0 Å². The first-order valence-corrected chi connectivity index (χ1v) is 7.55. The molecule has 1 saturated heterocycles. The summed E-state index contributed by atoms with van der Waals surface area (Å²) in [7, 11) is 0. The molecule has 1 aliphatic rings. The Hall–Kier alpha value is -2.34. The van der Waals surface area contributed by atoms with Gasteiger partial charge in [0.15, 0.2) is 0 Å². The summed E-state index contributed by atoms with van der Waals surface area (Å²) in [4.78, 5) is 20.7. The summed E-state index contributed by atoms with van der Waals surface area (Å²) in [6, 6.07) is 5.99. The predicted molar refractivity (Wildman–Crippen MR) is 85.6 cm³/mol. The number of piperazine rings is 1.